The van der Waals surface area contributed by atoms with Crippen LogP contribution in [0.15, 0.2) is 18.2 Å². The van der Waals surface area contributed by atoms with E-state index in [9.17, 15) is 5.11 Å². The van der Waals surface area contributed by atoms with Crippen molar-refractivity contribution in [2.45, 2.75) is 52.2 Å². The van der Waals surface area contributed by atoms with Gasteiger partial charge >= 0.3 is 0 Å². The largest absolute Gasteiger partial charge is 0.392 e. The highest BCUT2D eigenvalue weighted by molar-refractivity contribution is 5.30. The van der Waals surface area contributed by atoms with Crippen molar-refractivity contribution in [1.82, 2.24) is 0 Å². The standard InChI is InChI=1S/C16H24O2/c1-4-16-14(7-8-18-16)15(17)10-13-6-5-11(2)12(3)9-13/h5-6,9,14-17H,4,7-8,10H2,1-3H3. The van der Waals surface area contributed by atoms with Crippen molar-refractivity contribution >= 4 is 0 Å². The van der Waals surface area contributed by atoms with Crippen LogP contribution in [0.25, 0.3) is 0 Å². The monoisotopic (exact) mass is 248 g/mol. The van der Waals surface area contributed by atoms with E-state index in [0.717, 1.165) is 25.9 Å². The Morgan fingerprint density at radius 2 is 2.11 bits per heavy atom. The summed E-state index contributed by atoms with van der Waals surface area (Å²) in [6, 6.07) is 6.46. The molecule has 1 fully saturated rings. The molecule has 3 atom stereocenters. The zero-order valence-corrected chi connectivity index (χ0v) is 11.6. The molecule has 0 aromatic heterocycles. The fourth-order valence-electron chi connectivity index (χ4n) is 2.85. The SMILES string of the molecule is CCC1OCCC1C(O)Cc1ccc(C)c(C)c1. The van der Waals surface area contributed by atoms with Crippen molar-refractivity contribution in [3.05, 3.63) is 34.9 Å². The van der Waals surface area contributed by atoms with Crippen LogP contribution >= 0.6 is 0 Å². The fraction of sp³-hybridized carbons (Fsp3) is 0.625. The second-order valence-electron chi connectivity index (χ2n) is 5.46. The van der Waals surface area contributed by atoms with Gasteiger partial charge in [-0.25, -0.2) is 0 Å². The lowest BCUT2D eigenvalue weighted by Crippen LogP contribution is -2.29. The second kappa shape index (κ2) is 5.85. The van der Waals surface area contributed by atoms with E-state index in [2.05, 4.69) is 39.0 Å². The summed E-state index contributed by atoms with van der Waals surface area (Å²) < 4.78 is 5.66. The molecule has 2 rings (SSSR count). The van der Waals surface area contributed by atoms with Crippen LogP contribution in [-0.4, -0.2) is 23.9 Å². The number of aliphatic hydroxyl groups is 1. The van der Waals surface area contributed by atoms with Crippen LogP contribution in [0.4, 0.5) is 0 Å². The minimum absolute atomic E-state index is 0.242. The number of ether oxygens (including phenoxy) is 1. The molecule has 2 nitrogen and oxygen atoms in total. The van der Waals surface area contributed by atoms with Gasteiger partial charge in [0.25, 0.3) is 0 Å². The molecule has 1 aromatic rings. The summed E-state index contributed by atoms with van der Waals surface area (Å²) in [7, 11) is 0. The first-order chi connectivity index (χ1) is 8.61. The number of benzene rings is 1. The second-order valence-corrected chi connectivity index (χ2v) is 5.46. The van der Waals surface area contributed by atoms with Gasteiger partial charge in [-0.3, -0.25) is 0 Å². The van der Waals surface area contributed by atoms with E-state index in [4.69, 9.17) is 4.74 Å². The van der Waals surface area contributed by atoms with Crippen molar-refractivity contribution in [3.63, 3.8) is 0 Å². The molecule has 0 spiro atoms. The smallest absolute Gasteiger partial charge is 0.0634 e. The van der Waals surface area contributed by atoms with Gasteiger partial charge in [0.05, 0.1) is 12.2 Å². The van der Waals surface area contributed by atoms with Crippen LogP contribution in [0.2, 0.25) is 0 Å². The summed E-state index contributed by atoms with van der Waals surface area (Å²) in [6.07, 6.45) is 2.69. The maximum atomic E-state index is 10.4. The van der Waals surface area contributed by atoms with Crippen molar-refractivity contribution in [1.29, 1.82) is 0 Å². The molecule has 3 unspecified atom stereocenters. The number of hydrogen-bond acceptors (Lipinski definition) is 2. The molecule has 0 bridgehead atoms. The first kappa shape index (κ1) is 13.6. The normalized spacial score (nSPS) is 25.3. The molecule has 2 heteroatoms. The predicted octanol–water partition coefficient (Wildman–Crippen LogP) is 3.02. The van der Waals surface area contributed by atoms with Crippen LogP contribution in [0.5, 0.6) is 0 Å². The van der Waals surface area contributed by atoms with Crippen LogP contribution < -0.4 is 0 Å². The van der Waals surface area contributed by atoms with Crippen LogP contribution in [0.1, 0.15) is 36.5 Å². The topological polar surface area (TPSA) is 29.5 Å². The Labute approximate surface area is 110 Å². The van der Waals surface area contributed by atoms with Crippen LogP contribution in [-0.2, 0) is 11.2 Å². The molecule has 1 aromatic carbocycles. The molecule has 0 amide bonds. The summed E-state index contributed by atoms with van der Waals surface area (Å²) in [5, 5.41) is 10.4. The zero-order valence-electron chi connectivity index (χ0n) is 11.6. The first-order valence-electron chi connectivity index (χ1n) is 6.97. The zero-order chi connectivity index (χ0) is 13.1. The Bertz CT molecular complexity index is 400. The lowest BCUT2D eigenvalue weighted by molar-refractivity contribution is 0.0318. The van der Waals surface area contributed by atoms with Crippen molar-refractivity contribution in [2.75, 3.05) is 6.61 Å². The van der Waals surface area contributed by atoms with E-state index in [0.29, 0.717) is 5.92 Å². The average molecular weight is 248 g/mol. The Kier molecular flexibility index (Phi) is 4.41. The molecule has 0 aliphatic carbocycles. The fourth-order valence-corrected chi connectivity index (χ4v) is 2.85. The van der Waals surface area contributed by atoms with Gasteiger partial charge in [0.1, 0.15) is 0 Å². The molecule has 1 aliphatic rings. The molecule has 18 heavy (non-hydrogen) atoms. The minimum atomic E-state index is -0.278. The molecule has 0 saturated carbocycles. The Morgan fingerprint density at radius 1 is 1.33 bits per heavy atom. The molecule has 1 saturated heterocycles. The van der Waals surface area contributed by atoms with Crippen molar-refractivity contribution < 1.29 is 9.84 Å². The highest BCUT2D eigenvalue weighted by atomic mass is 16.5. The molecule has 1 aliphatic heterocycles. The summed E-state index contributed by atoms with van der Waals surface area (Å²) >= 11 is 0. The van der Waals surface area contributed by atoms with E-state index in [1.165, 1.54) is 16.7 Å². The molecular formula is C16H24O2. The minimum Gasteiger partial charge on any atom is -0.392 e. The van der Waals surface area contributed by atoms with Gasteiger partial charge in [0, 0.05) is 12.5 Å². The van der Waals surface area contributed by atoms with E-state index in [-0.39, 0.29) is 12.2 Å². The van der Waals surface area contributed by atoms with Gasteiger partial charge in [-0.2, -0.15) is 0 Å². The quantitative estimate of drug-likeness (QED) is 0.887. The molecule has 1 heterocycles. The first-order valence-corrected chi connectivity index (χ1v) is 6.97. The number of aryl methyl sites for hydroxylation is 2. The van der Waals surface area contributed by atoms with Gasteiger partial charge in [0.2, 0.25) is 0 Å². The van der Waals surface area contributed by atoms with E-state index in [1.807, 2.05) is 0 Å². The third kappa shape index (κ3) is 2.93. The highest BCUT2D eigenvalue weighted by Gasteiger charge is 2.32. The lowest BCUT2D eigenvalue weighted by Gasteiger charge is -2.23. The average Bonchev–Trinajstić information content (AvgIpc) is 2.82. The molecular weight excluding hydrogens is 224 g/mol. The Morgan fingerprint density at radius 3 is 2.78 bits per heavy atom. The highest BCUT2D eigenvalue weighted by Crippen LogP contribution is 2.28. The molecule has 0 radical (unpaired) electrons. The maximum absolute atomic E-state index is 10.4. The van der Waals surface area contributed by atoms with Crippen LogP contribution in [0, 0.1) is 19.8 Å². The van der Waals surface area contributed by atoms with Gasteiger partial charge in [-0.1, -0.05) is 25.1 Å². The Balaban J connectivity index is 2.02. The molecule has 1 N–H and O–H groups in total. The number of aliphatic hydroxyl groups excluding tert-OH is 1. The van der Waals surface area contributed by atoms with Gasteiger partial charge < -0.3 is 9.84 Å². The summed E-state index contributed by atoms with van der Waals surface area (Å²) in [5.74, 6) is 0.302. The van der Waals surface area contributed by atoms with Gasteiger partial charge in [-0.15, -0.1) is 0 Å². The van der Waals surface area contributed by atoms with Crippen molar-refractivity contribution in [3.8, 4) is 0 Å². The van der Waals surface area contributed by atoms with E-state index < -0.39 is 0 Å². The Hall–Kier alpha value is -0.860. The molecule has 100 valence electrons. The summed E-state index contributed by atoms with van der Waals surface area (Å²) in [4.78, 5) is 0. The summed E-state index contributed by atoms with van der Waals surface area (Å²) in [5.41, 5.74) is 3.84. The van der Waals surface area contributed by atoms with E-state index >= 15 is 0 Å². The maximum Gasteiger partial charge on any atom is 0.0634 e. The van der Waals surface area contributed by atoms with Crippen molar-refractivity contribution in [2.24, 2.45) is 5.92 Å². The number of rotatable bonds is 4. The third-order valence-electron chi connectivity index (χ3n) is 4.17. The third-order valence-corrected chi connectivity index (χ3v) is 4.17. The predicted molar refractivity (Wildman–Crippen MR) is 73.8 cm³/mol. The van der Waals surface area contributed by atoms with Gasteiger partial charge in [0.15, 0.2) is 0 Å². The van der Waals surface area contributed by atoms with Crippen LogP contribution in [0.3, 0.4) is 0 Å². The summed E-state index contributed by atoms with van der Waals surface area (Å²) in [6.45, 7) is 7.17. The van der Waals surface area contributed by atoms with E-state index in [1.54, 1.807) is 0 Å². The lowest BCUT2D eigenvalue weighted by atomic mass is 9.89. The number of hydrogen-bond donors (Lipinski definition) is 1. The van der Waals surface area contributed by atoms with Gasteiger partial charge in [-0.05, 0) is 49.8 Å².